The first-order valence-electron chi connectivity index (χ1n) is 10.9. The van der Waals surface area contributed by atoms with Crippen LogP contribution in [0.25, 0.3) is 0 Å². The third-order valence-corrected chi connectivity index (χ3v) is 7.82. The minimum atomic E-state index is -4.16. The van der Waals surface area contributed by atoms with Crippen molar-refractivity contribution in [1.82, 2.24) is 4.90 Å². The van der Waals surface area contributed by atoms with Crippen molar-refractivity contribution >= 4 is 38.9 Å². The van der Waals surface area contributed by atoms with Crippen molar-refractivity contribution in [2.75, 3.05) is 41.9 Å². The number of piperazine rings is 1. The molecular weight excluding hydrogens is 477 g/mol. The Kier molecular flexibility index (Phi) is 7.09. The van der Waals surface area contributed by atoms with E-state index in [4.69, 9.17) is 11.6 Å². The summed E-state index contributed by atoms with van der Waals surface area (Å²) in [6.07, 6.45) is 0. The molecule has 4 rings (SSSR count). The molecular formula is C25H25ClFN3O3S. The predicted molar refractivity (Wildman–Crippen MR) is 132 cm³/mol. The van der Waals surface area contributed by atoms with Crippen LogP contribution < -0.4 is 9.21 Å². The molecule has 1 aliphatic heterocycles. The summed E-state index contributed by atoms with van der Waals surface area (Å²) < 4.78 is 42.4. The molecule has 1 fully saturated rings. The van der Waals surface area contributed by atoms with Gasteiger partial charge in [0, 0.05) is 36.9 Å². The number of aryl methyl sites for hydroxylation is 1. The number of hydrogen-bond donors (Lipinski definition) is 0. The third-order valence-electron chi connectivity index (χ3n) is 5.81. The summed E-state index contributed by atoms with van der Waals surface area (Å²) >= 11 is 6.09. The highest BCUT2D eigenvalue weighted by Crippen LogP contribution is 2.27. The number of benzene rings is 3. The molecule has 0 N–H and O–H groups in total. The zero-order valence-corrected chi connectivity index (χ0v) is 20.3. The van der Waals surface area contributed by atoms with Crippen molar-refractivity contribution in [3.63, 3.8) is 0 Å². The van der Waals surface area contributed by atoms with Gasteiger partial charge in [0.25, 0.3) is 10.0 Å². The molecule has 0 saturated carbocycles. The summed E-state index contributed by atoms with van der Waals surface area (Å²) in [6.45, 7) is 3.35. The van der Waals surface area contributed by atoms with Crippen molar-refractivity contribution in [3.8, 4) is 0 Å². The first-order valence-corrected chi connectivity index (χ1v) is 12.7. The van der Waals surface area contributed by atoms with Gasteiger partial charge in [-0.1, -0.05) is 47.5 Å². The third kappa shape index (κ3) is 5.18. The van der Waals surface area contributed by atoms with Crippen LogP contribution in [0.3, 0.4) is 0 Å². The van der Waals surface area contributed by atoms with Crippen LogP contribution in [-0.2, 0) is 14.8 Å². The van der Waals surface area contributed by atoms with Crippen LogP contribution in [0.15, 0.2) is 77.7 Å². The van der Waals surface area contributed by atoms with Crippen LogP contribution in [0.5, 0.6) is 0 Å². The van der Waals surface area contributed by atoms with E-state index >= 15 is 0 Å². The van der Waals surface area contributed by atoms with E-state index in [-0.39, 0.29) is 16.5 Å². The lowest BCUT2D eigenvalue weighted by Crippen LogP contribution is -2.52. The van der Waals surface area contributed by atoms with E-state index in [9.17, 15) is 17.6 Å². The minimum Gasteiger partial charge on any atom is -0.368 e. The van der Waals surface area contributed by atoms with E-state index in [2.05, 4.69) is 4.90 Å². The number of hydrogen-bond acceptors (Lipinski definition) is 4. The fourth-order valence-electron chi connectivity index (χ4n) is 3.90. The monoisotopic (exact) mass is 501 g/mol. The van der Waals surface area contributed by atoms with E-state index in [0.717, 1.165) is 15.6 Å². The lowest BCUT2D eigenvalue weighted by atomic mass is 10.2. The van der Waals surface area contributed by atoms with E-state index in [1.165, 1.54) is 30.3 Å². The molecule has 9 heteroatoms. The van der Waals surface area contributed by atoms with Gasteiger partial charge in [-0.3, -0.25) is 9.10 Å². The zero-order valence-electron chi connectivity index (χ0n) is 18.7. The summed E-state index contributed by atoms with van der Waals surface area (Å²) in [5.74, 6) is -1.10. The van der Waals surface area contributed by atoms with E-state index in [1.807, 2.05) is 25.1 Å². The second-order valence-corrected chi connectivity index (χ2v) is 10.4. The molecule has 6 nitrogen and oxygen atoms in total. The van der Waals surface area contributed by atoms with Crippen LogP contribution in [-0.4, -0.2) is 51.9 Å². The highest BCUT2D eigenvalue weighted by atomic mass is 35.5. The molecule has 0 spiro atoms. The number of carbonyl (C=O) groups excluding carboxylic acids is 1. The first-order chi connectivity index (χ1) is 16.3. The number of rotatable bonds is 6. The van der Waals surface area contributed by atoms with Gasteiger partial charge in [-0.05, 0) is 49.4 Å². The average molecular weight is 502 g/mol. The molecule has 0 unspecified atom stereocenters. The van der Waals surface area contributed by atoms with Crippen LogP contribution in [0, 0.1) is 12.7 Å². The molecule has 3 aromatic rings. The van der Waals surface area contributed by atoms with Crippen LogP contribution in [0.4, 0.5) is 15.8 Å². The lowest BCUT2D eigenvalue weighted by Gasteiger charge is -2.37. The van der Waals surface area contributed by atoms with Crippen molar-refractivity contribution in [1.29, 1.82) is 0 Å². The Hall–Kier alpha value is -3.10. The van der Waals surface area contributed by atoms with Crippen molar-refractivity contribution < 1.29 is 17.6 Å². The zero-order chi connectivity index (χ0) is 24.3. The van der Waals surface area contributed by atoms with Crippen LogP contribution >= 0.6 is 11.6 Å². The molecule has 0 aliphatic carbocycles. The van der Waals surface area contributed by atoms with Gasteiger partial charge in [0.05, 0.1) is 10.6 Å². The molecule has 1 aliphatic rings. The minimum absolute atomic E-state index is 0.0000661. The maximum atomic E-state index is 14.7. The Morgan fingerprint density at radius 2 is 1.65 bits per heavy atom. The fraction of sp³-hybridized carbons (Fsp3) is 0.240. The molecule has 0 aromatic heterocycles. The van der Waals surface area contributed by atoms with Crippen LogP contribution in [0.2, 0.25) is 5.02 Å². The number of para-hydroxylation sites is 1. The van der Waals surface area contributed by atoms with Gasteiger partial charge in [0.15, 0.2) is 0 Å². The van der Waals surface area contributed by atoms with Gasteiger partial charge in [-0.15, -0.1) is 0 Å². The molecule has 0 atom stereocenters. The number of halogens is 2. The second kappa shape index (κ2) is 10.0. The van der Waals surface area contributed by atoms with Gasteiger partial charge >= 0.3 is 0 Å². The Morgan fingerprint density at radius 3 is 2.29 bits per heavy atom. The summed E-state index contributed by atoms with van der Waals surface area (Å²) in [5, 5.41) is 0.637. The predicted octanol–water partition coefficient (Wildman–Crippen LogP) is 4.33. The smallest absolute Gasteiger partial charge is 0.264 e. The average Bonchev–Trinajstić information content (AvgIpc) is 2.83. The molecule has 1 amide bonds. The van der Waals surface area contributed by atoms with Gasteiger partial charge in [-0.25, -0.2) is 12.8 Å². The molecule has 0 bridgehead atoms. The Balaban J connectivity index is 1.54. The molecule has 0 radical (unpaired) electrons. The number of nitrogens with zero attached hydrogens (tertiary/aromatic N) is 3. The van der Waals surface area contributed by atoms with Gasteiger partial charge in [0.1, 0.15) is 12.4 Å². The van der Waals surface area contributed by atoms with E-state index in [0.29, 0.717) is 31.2 Å². The summed E-state index contributed by atoms with van der Waals surface area (Å²) in [7, 11) is -4.16. The van der Waals surface area contributed by atoms with Crippen molar-refractivity contribution in [2.24, 2.45) is 0 Å². The number of amides is 1. The van der Waals surface area contributed by atoms with Gasteiger partial charge < -0.3 is 9.80 Å². The van der Waals surface area contributed by atoms with E-state index in [1.54, 1.807) is 29.2 Å². The Morgan fingerprint density at radius 1 is 0.971 bits per heavy atom. The van der Waals surface area contributed by atoms with Crippen molar-refractivity contribution in [3.05, 3.63) is 89.2 Å². The number of sulfonamides is 1. The lowest BCUT2D eigenvalue weighted by molar-refractivity contribution is -0.129. The SMILES string of the molecule is Cc1ccc(S(=O)(=O)N(CC(=O)N2CCN(c3cccc(Cl)c3)CC2)c2ccccc2F)cc1. The maximum absolute atomic E-state index is 14.7. The van der Waals surface area contributed by atoms with Crippen LogP contribution in [0.1, 0.15) is 5.56 Å². The fourth-order valence-corrected chi connectivity index (χ4v) is 5.51. The van der Waals surface area contributed by atoms with Crippen molar-refractivity contribution in [2.45, 2.75) is 11.8 Å². The topological polar surface area (TPSA) is 60.9 Å². The first kappa shape index (κ1) is 24.0. The molecule has 1 saturated heterocycles. The van der Waals surface area contributed by atoms with Gasteiger partial charge in [-0.2, -0.15) is 0 Å². The summed E-state index contributed by atoms with van der Waals surface area (Å²) in [6, 6.07) is 19.3. The Labute approximate surface area is 204 Å². The quantitative estimate of drug-likeness (QED) is 0.504. The molecule has 1 heterocycles. The van der Waals surface area contributed by atoms with Gasteiger partial charge in [0.2, 0.25) is 5.91 Å². The van der Waals surface area contributed by atoms with E-state index < -0.39 is 22.4 Å². The number of carbonyl (C=O) groups is 1. The molecule has 178 valence electrons. The standard InChI is InChI=1S/C25H25ClFN3O3S/c1-19-9-11-22(12-10-19)34(32,33)30(24-8-3-2-7-23(24)27)18-25(31)29-15-13-28(14-16-29)21-6-4-5-20(26)17-21/h2-12,17H,13-16,18H2,1H3. The largest absolute Gasteiger partial charge is 0.368 e. The highest BCUT2D eigenvalue weighted by molar-refractivity contribution is 7.92. The summed E-state index contributed by atoms with van der Waals surface area (Å²) in [5.41, 5.74) is 1.70. The second-order valence-electron chi connectivity index (χ2n) is 8.12. The summed E-state index contributed by atoms with van der Waals surface area (Å²) in [4.78, 5) is 16.9. The highest BCUT2D eigenvalue weighted by Gasteiger charge is 2.31. The normalized spacial score (nSPS) is 14.2. The molecule has 34 heavy (non-hydrogen) atoms. The Bertz CT molecular complexity index is 1280. The number of anilines is 2. The molecule has 3 aromatic carbocycles. The maximum Gasteiger partial charge on any atom is 0.264 e.